The molecule has 1 aliphatic heterocycles. The van der Waals surface area contributed by atoms with Crippen LogP contribution in [0.1, 0.15) is 36.6 Å². The standard InChI is InChI=1S/C30H35F2N3/c1-3-33(4-2)29(19-10-24-8-6-5-7-9-24)34-20-22-35(23-21-34)30(25-11-15-27(31)16-12-25)26-13-17-28(32)18-14-26/h5-19,29-30H,3-4,20-23H2,1-2H3. The van der Waals surface area contributed by atoms with Crippen molar-refractivity contribution in [2.75, 3.05) is 39.3 Å². The van der Waals surface area contributed by atoms with Crippen molar-refractivity contribution in [1.29, 1.82) is 0 Å². The first kappa shape index (κ1) is 25.2. The fraction of sp³-hybridized carbons (Fsp3) is 0.333. The van der Waals surface area contributed by atoms with E-state index in [1.807, 2.05) is 30.3 Å². The molecule has 1 atom stereocenters. The highest BCUT2D eigenvalue weighted by Gasteiger charge is 2.30. The van der Waals surface area contributed by atoms with Crippen molar-refractivity contribution in [2.24, 2.45) is 0 Å². The van der Waals surface area contributed by atoms with E-state index in [4.69, 9.17) is 0 Å². The van der Waals surface area contributed by atoms with E-state index < -0.39 is 0 Å². The first-order valence-electron chi connectivity index (χ1n) is 12.6. The monoisotopic (exact) mass is 475 g/mol. The highest BCUT2D eigenvalue weighted by atomic mass is 19.1. The van der Waals surface area contributed by atoms with Crippen LogP contribution in [0.25, 0.3) is 6.08 Å². The summed E-state index contributed by atoms with van der Waals surface area (Å²) < 4.78 is 27.3. The molecule has 1 unspecified atom stereocenters. The van der Waals surface area contributed by atoms with Gasteiger partial charge in [-0.05, 0) is 54.0 Å². The predicted molar refractivity (Wildman–Crippen MR) is 140 cm³/mol. The van der Waals surface area contributed by atoms with Crippen molar-refractivity contribution < 1.29 is 8.78 Å². The van der Waals surface area contributed by atoms with Crippen LogP contribution >= 0.6 is 0 Å². The third kappa shape index (κ3) is 6.43. The third-order valence-corrected chi connectivity index (χ3v) is 6.91. The summed E-state index contributed by atoms with van der Waals surface area (Å²) in [6.45, 7) is 9.96. The Morgan fingerprint density at radius 1 is 0.714 bits per heavy atom. The van der Waals surface area contributed by atoms with E-state index in [1.165, 1.54) is 29.8 Å². The molecular weight excluding hydrogens is 440 g/mol. The van der Waals surface area contributed by atoms with E-state index in [0.717, 1.165) is 50.4 Å². The molecule has 0 saturated carbocycles. The van der Waals surface area contributed by atoms with E-state index in [1.54, 1.807) is 0 Å². The fourth-order valence-electron chi connectivity index (χ4n) is 5.00. The van der Waals surface area contributed by atoms with Crippen LogP contribution in [0.2, 0.25) is 0 Å². The highest BCUT2D eigenvalue weighted by molar-refractivity contribution is 5.49. The van der Waals surface area contributed by atoms with Gasteiger partial charge in [0.25, 0.3) is 0 Å². The van der Waals surface area contributed by atoms with E-state index >= 15 is 0 Å². The van der Waals surface area contributed by atoms with Crippen LogP contribution in [0.15, 0.2) is 84.9 Å². The van der Waals surface area contributed by atoms with Gasteiger partial charge in [-0.15, -0.1) is 0 Å². The van der Waals surface area contributed by atoms with Gasteiger partial charge in [0.05, 0.1) is 12.2 Å². The summed E-state index contributed by atoms with van der Waals surface area (Å²) >= 11 is 0. The van der Waals surface area contributed by atoms with Crippen molar-refractivity contribution >= 4 is 6.08 Å². The second-order valence-corrected chi connectivity index (χ2v) is 8.98. The van der Waals surface area contributed by atoms with Crippen LogP contribution in [-0.2, 0) is 0 Å². The van der Waals surface area contributed by atoms with Crippen LogP contribution in [-0.4, -0.2) is 60.1 Å². The molecule has 0 bridgehead atoms. The van der Waals surface area contributed by atoms with Crippen LogP contribution in [0.3, 0.4) is 0 Å². The van der Waals surface area contributed by atoms with E-state index in [0.29, 0.717) is 0 Å². The molecule has 1 saturated heterocycles. The minimum atomic E-state index is -0.247. The maximum atomic E-state index is 13.6. The van der Waals surface area contributed by atoms with E-state index in [2.05, 4.69) is 65.0 Å². The topological polar surface area (TPSA) is 9.72 Å². The number of halogens is 2. The Labute approximate surface area is 208 Å². The Bertz CT molecular complexity index is 1010. The maximum absolute atomic E-state index is 13.6. The maximum Gasteiger partial charge on any atom is 0.123 e. The number of benzene rings is 3. The quantitative estimate of drug-likeness (QED) is 0.373. The molecule has 0 aromatic heterocycles. The number of hydrogen-bond donors (Lipinski definition) is 0. The zero-order chi connectivity index (χ0) is 24.6. The van der Waals surface area contributed by atoms with Crippen LogP contribution < -0.4 is 0 Å². The minimum Gasteiger partial charge on any atom is -0.290 e. The summed E-state index contributed by atoms with van der Waals surface area (Å²) in [5, 5.41) is 0. The smallest absolute Gasteiger partial charge is 0.123 e. The summed E-state index contributed by atoms with van der Waals surface area (Å²) in [5.41, 5.74) is 3.25. The van der Waals surface area contributed by atoms with Crippen molar-refractivity contribution in [3.05, 3.63) is 113 Å². The first-order chi connectivity index (χ1) is 17.1. The van der Waals surface area contributed by atoms with Crippen molar-refractivity contribution in [1.82, 2.24) is 14.7 Å². The number of nitrogens with zero attached hydrogens (tertiary/aromatic N) is 3. The van der Waals surface area contributed by atoms with Crippen molar-refractivity contribution in [3.63, 3.8) is 0 Å². The molecule has 0 aliphatic carbocycles. The number of piperazine rings is 1. The van der Waals surface area contributed by atoms with Gasteiger partial charge in [0.2, 0.25) is 0 Å². The molecule has 1 fully saturated rings. The molecule has 0 amide bonds. The molecule has 1 aliphatic rings. The number of likely N-dealkylation sites (N-methyl/N-ethyl adjacent to an activating group) is 1. The second kappa shape index (κ2) is 12.2. The molecule has 0 spiro atoms. The van der Waals surface area contributed by atoms with Crippen molar-refractivity contribution in [2.45, 2.75) is 26.1 Å². The van der Waals surface area contributed by atoms with Gasteiger partial charge in [-0.2, -0.15) is 0 Å². The molecule has 3 aromatic rings. The van der Waals surface area contributed by atoms with Gasteiger partial charge in [0.15, 0.2) is 0 Å². The van der Waals surface area contributed by atoms with Gasteiger partial charge in [-0.1, -0.05) is 80.6 Å². The summed E-state index contributed by atoms with van der Waals surface area (Å²) in [5.74, 6) is -0.493. The number of hydrogen-bond acceptors (Lipinski definition) is 3. The van der Waals surface area contributed by atoms with E-state index in [-0.39, 0.29) is 23.8 Å². The molecule has 184 valence electrons. The van der Waals surface area contributed by atoms with Gasteiger partial charge in [0.1, 0.15) is 11.6 Å². The summed E-state index contributed by atoms with van der Waals surface area (Å²) in [7, 11) is 0. The molecule has 0 radical (unpaired) electrons. The lowest BCUT2D eigenvalue weighted by Crippen LogP contribution is -2.55. The van der Waals surface area contributed by atoms with Crippen molar-refractivity contribution in [3.8, 4) is 0 Å². The number of rotatable bonds is 9. The normalized spacial score (nSPS) is 16.4. The SMILES string of the molecule is CCN(CC)C(C=Cc1ccccc1)N1CCN(C(c2ccc(F)cc2)c2ccc(F)cc2)CC1. The first-order valence-corrected chi connectivity index (χ1v) is 12.6. The molecule has 0 N–H and O–H groups in total. The van der Waals surface area contributed by atoms with Gasteiger partial charge >= 0.3 is 0 Å². The average molecular weight is 476 g/mol. The van der Waals surface area contributed by atoms with Gasteiger partial charge in [0, 0.05) is 26.2 Å². The lowest BCUT2D eigenvalue weighted by atomic mass is 9.96. The largest absolute Gasteiger partial charge is 0.290 e. The molecule has 3 aromatic carbocycles. The molecule has 1 heterocycles. The predicted octanol–water partition coefficient (Wildman–Crippen LogP) is 6.05. The highest BCUT2D eigenvalue weighted by Crippen LogP contribution is 2.30. The van der Waals surface area contributed by atoms with Crippen LogP contribution in [0, 0.1) is 11.6 Å². The second-order valence-electron chi connectivity index (χ2n) is 8.98. The minimum absolute atomic E-state index is 0.0369. The Morgan fingerprint density at radius 3 is 1.69 bits per heavy atom. The van der Waals surface area contributed by atoms with E-state index in [9.17, 15) is 8.78 Å². The lowest BCUT2D eigenvalue weighted by Gasteiger charge is -2.44. The van der Waals surface area contributed by atoms with Gasteiger partial charge in [-0.25, -0.2) is 8.78 Å². The average Bonchev–Trinajstić information content (AvgIpc) is 2.90. The zero-order valence-electron chi connectivity index (χ0n) is 20.7. The Hall–Kier alpha value is -2.86. The van der Waals surface area contributed by atoms with Crippen LogP contribution in [0.4, 0.5) is 8.78 Å². The zero-order valence-corrected chi connectivity index (χ0v) is 20.7. The molecule has 5 heteroatoms. The summed E-state index contributed by atoms with van der Waals surface area (Å²) in [6, 6.07) is 23.8. The van der Waals surface area contributed by atoms with Gasteiger partial charge in [-0.3, -0.25) is 14.7 Å². The Kier molecular flexibility index (Phi) is 8.80. The molecular formula is C30H35F2N3. The lowest BCUT2D eigenvalue weighted by molar-refractivity contribution is 0.0295. The van der Waals surface area contributed by atoms with Crippen LogP contribution in [0.5, 0.6) is 0 Å². The third-order valence-electron chi connectivity index (χ3n) is 6.91. The molecule has 3 nitrogen and oxygen atoms in total. The Balaban J connectivity index is 1.53. The van der Waals surface area contributed by atoms with Gasteiger partial charge < -0.3 is 0 Å². The molecule has 4 rings (SSSR count). The summed E-state index contributed by atoms with van der Waals surface area (Å²) in [6.07, 6.45) is 4.76. The Morgan fingerprint density at radius 2 is 1.20 bits per heavy atom. The summed E-state index contributed by atoms with van der Waals surface area (Å²) in [4.78, 5) is 7.44. The molecule has 35 heavy (non-hydrogen) atoms. The fourth-order valence-corrected chi connectivity index (χ4v) is 5.00.